The zero-order valence-corrected chi connectivity index (χ0v) is 18.1. The Morgan fingerprint density at radius 3 is 2.72 bits per heavy atom. The zero-order valence-electron chi connectivity index (χ0n) is 16.5. The predicted octanol–water partition coefficient (Wildman–Crippen LogP) is 4.25. The molecule has 3 rings (SSSR count). The Labute approximate surface area is 178 Å². The largest absolute Gasteiger partial charge is 0.496 e. The number of amides is 1. The first-order chi connectivity index (χ1) is 14.0. The van der Waals surface area contributed by atoms with Crippen LogP contribution >= 0.6 is 22.9 Å². The van der Waals surface area contributed by atoms with Crippen LogP contribution in [0.2, 0.25) is 5.02 Å². The second-order valence-corrected chi connectivity index (χ2v) is 7.85. The summed E-state index contributed by atoms with van der Waals surface area (Å²) in [5.41, 5.74) is 3.41. The van der Waals surface area contributed by atoms with Crippen LogP contribution in [0.5, 0.6) is 11.5 Å². The molecule has 0 atom stereocenters. The normalized spacial score (nSPS) is 10.6. The van der Waals surface area contributed by atoms with Crippen molar-refractivity contribution in [2.24, 2.45) is 0 Å². The number of rotatable bonds is 8. The minimum Gasteiger partial charge on any atom is -0.496 e. The van der Waals surface area contributed by atoms with E-state index >= 15 is 0 Å². The van der Waals surface area contributed by atoms with Gasteiger partial charge in [0.15, 0.2) is 0 Å². The van der Waals surface area contributed by atoms with E-state index in [4.69, 9.17) is 21.1 Å². The predicted molar refractivity (Wildman–Crippen MR) is 114 cm³/mol. The third-order valence-corrected chi connectivity index (χ3v) is 5.44. The molecule has 0 saturated heterocycles. The van der Waals surface area contributed by atoms with Gasteiger partial charge in [0.05, 0.1) is 31.5 Å². The van der Waals surface area contributed by atoms with Crippen LogP contribution in [0.1, 0.15) is 27.5 Å². The molecule has 1 amide bonds. The summed E-state index contributed by atoms with van der Waals surface area (Å²) in [5, 5.41) is 6.24. The van der Waals surface area contributed by atoms with Crippen LogP contribution in [0.15, 0.2) is 35.8 Å². The Morgan fingerprint density at radius 1 is 1.24 bits per heavy atom. The van der Waals surface area contributed by atoms with Crippen molar-refractivity contribution in [3.8, 4) is 11.5 Å². The van der Waals surface area contributed by atoms with Gasteiger partial charge in [-0.25, -0.2) is 4.98 Å². The van der Waals surface area contributed by atoms with E-state index in [1.165, 1.54) is 11.3 Å². The number of carbonyl (C=O) groups is 1. The van der Waals surface area contributed by atoms with Crippen molar-refractivity contribution in [1.29, 1.82) is 0 Å². The van der Waals surface area contributed by atoms with Crippen molar-refractivity contribution >= 4 is 28.8 Å². The van der Waals surface area contributed by atoms with Gasteiger partial charge in [-0.15, -0.1) is 11.3 Å². The van der Waals surface area contributed by atoms with Crippen LogP contribution in [0, 0.1) is 13.8 Å². The van der Waals surface area contributed by atoms with Crippen LogP contribution in [0.4, 0.5) is 0 Å². The van der Waals surface area contributed by atoms with Crippen molar-refractivity contribution < 1.29 is 14.3 Å². The Hall–Kier alpha value is -2.64. The van der Waals surface area contributed by atoms with Gasteiger partial charge in [-0.05, 0) is 38.1 Å². The molecule has 8 heteroatoms. The van der Waals surface area contributed by atoms with Gasteiger partial charge in [0.25, 0.3) is 0 Å². The molecular weight excluding hydrogens is 410 g/mol. The molecule has 0 radical (unpaired) electrons. The lowest BCUT2D eigenvalue weighted by molar-refractivity contribution is -0.120. The van der Waals surface area contributed by atoms with Crippen molar-refractivity contribution in [3.05, 3.63) is 68.4 Å². The number of nitrogens with one attached hydrogen (secondary N) is 1. The third kappa shape index (κ3) is 5.68. The van der Waals surface area contributed by atoms with Gasteiger partial charge in [0.2, 0.25) is 5.91 Å². The lowest BCUT2D eigenvalue weighted by Gasteiger charge is -2.12. The molecule has 0 spiro atoms. The maximum atomic E-state index is 12.3. The van der Waals surface area contributed by atoms with Crippen molar-refractivity contribution in [2.45, 2.75) is 33.4 Å². The first kappa shape index (κ1) is 21.1. The van der Waals surface area contributed by atoms with Crippen molar-refractivity contribution in [2.75, 3.05) is 7.11 Å². The fraction of sp³-hybridized carbons (Fsp3) is 0.286. The van der Waals surface area contributed by atoms with Gasteiger partial charge in [0, 0.05) is 27.7 Å². The minimum atomic E-state index is -0.110. The fourth-order valence-electron chi connectivity index (χ4n) is 2.83. The maximum absolute atomic E-state index is 12.3. The molecule has 0 bridgehead atoms. The number of methoxy groups -OCH3 is 1. The van der Waals surface area contributed by atoms with Crippen LogP contribution in [-0.4, -0.2) is 23.0 Å². The number of aromatic nitrogens is 2. The molecule has 29 heavy (non-hydrogen) atoms. The Morgan fingerprint density at radius 2 is 2.00 bits per heavy atom. The standard InChI is InChI=1S/C21H22ClN3O3S/c1-13-9-23-18(14(2)21(13)27-3)10-24-19(26)8-16-12-29-20(25-16)11-28-17-6-4-15(22)5-7-17/h4-7,9,12H,8,10-11H2,1-3H3,(H,24,26). The molecule has 0 aliphatic heterocycles. The van der Waals surface area contributed by atoms with Crippen LogP contribution in [0.25, 0.3) is 0 Å². The average Bonchev–Trinajstić information content (AvgIpc) is 3.14. The van der Waals surface area contributed by atoms with E-state index in [9.17, 15) is 4.79 Å². The molecule has 152 valence electrons. The minimum absolute atomic E-state index is 0.110. The highest BCUT2D eigenvalue weighted by Crippen LogP contribution is 2.24. The molecule has 2 aromatic heterocycles. The third-order valence-electron chi connectivity index (χ3n) is 4.32. The quantitative estimate of drug-likeness (QED) is 0.577. The summed E-state index contributed by atoms with van der Waals surface area (Å²) in [6, 6.07) is 7.16. The van der Waals surface area contributed by atoms with Gasteiger partial charge in [-0.2, -0.15) is 0 Å². The summed E-state index contributed by atoms with van der Waals surface area (Å²) in [4.78, 5) is 21.2. The Bertz CT molecular complexity index is 989. The Balaban J connectivity index is 1.51. The highest BCUT2D eigenvalue weighted by molar-refractivity contribution is 7.09. The summed E-state index contributed by atoms with van der Waals surface area (Å²) in [6.45, 7) is 4.57. The van der Waals surface area contributed by atoms with E-state index in [0.29, 0.717) is 23.9 Å². The van der Waals surface area contributed by atoms with Gasteiger partial charge in [0.1, 0.15) is 23.1 Å². The van der Waals surface area contributed by atoms with Crippen LogP contribution < -0.4 is 14.8 Å². The van der Waals surface area contributed by atoms with Crippen LogP contribution in [-0.2, 0) is 24.4 Å². The van der Waals surface area contributed by atoms with Gasteiger partial charge >= 0.3 is 0 Å². The number of hydrogen-bond acceptors (Lipinski definition) is 6. The highest BCUT2D eigenvalue weighted by atomic mass is 35.5. The molecule has 2 heterocycles. The number of hydrogen-bond donors (Lipinski definition) is 1. The van der Waals surface area contributed by atoms with Crippen molar-refractivity contribution in [3.63, 3.8) is 0 Å². The molecule has 0 fully saturated rings. The number of aryl methyl sites for hydroxylation is 1. The number of nitrogens with zero attached hydrogens (tertiary/aromatic N) is 2. The number of pyridine rings is 1. The average molecular weight is 432 g/mol. The van der Waals surface area contributed by atoms with Crippen LogP contribution in [0.3, 0.4) is 0 Å². The molecular formula is C21H22ClN3O3S. The lowest BCUT2D eigenvalue weighted by Crippen LogP contribution is -2.25. The monoisotopic (exact) mass is 431 g/mol. The molecule has 0 aliphatic carbocycles. The number of ether oxygens (including phenoxy) is 2. The summed E-state index contributed by atoms with van der Waals surface area (Å²) in [5.74, 6) is 1.41. The molecule has 0 unspecified atom stereocenters. The highest BCUT2D eigenvalue weighted by Gasteiger charge is 2.12. The smallest absolute Gasteiger partial charge is 0.226 e. The molecule has 6 nitrogen and oxygen atoms in total. The second kappa shape index (κ2) is 9.71. The number of benzene rings is 1. The van der Waals surface area contributed by atoms with E-state index in [1.54, 1.807) is 37.6 Å². The molecule has 0 saturated carbocycles. The van der Waals surface area contributed by atoms with E-state index in [-0.39, 0.29) is 12.3 Å². The molecule has 1 aromatic carbocycles. The van der Waals surface area contributed by atoms with Gasteiger partial charge in [-0.3, -0.25) is 9.78 Å². The van der Waals surface area contributed by atoms with E-state index in [0.717, 1.165) is 33.3 Å². The maximum Gasteiger partial charge on any atom is 0.226 e. The van der Waals surface area contributed by atoms with Crippen molar-refractivity contribution in [1.82, 2.24) is 15.3 Å². The van der Waals surface area contributed by atoms with E-state index in [1.807, 2.05) is 19.2 Å². The number of thiazole rings is 1. The summed E-state index contributed by atoms with van der Waals surface area (Å²) < 4.78 is 11.1. The summed E-state index contributed by atoms with van der Waals surface area (Å²) in [7, 11) is 1.63. The SMILES string of the molecule is COc1c(C)cnc(CNC(=O)Cc2csc(COc3ccc(Cl)cc3)n2)c1C. The van der Waals surface area contributed by atoms with Gasteiger partial charge in [-0.1, -0.05) is 11.6 Å². The van der Waals surface area contributed by atoms with Gasteiger partial charge < -0.3 is 14.8 Å². The molecule has 1 N–H and O–H groups in total. The summed E-state index contributed by atoms with van der Waals surface area (Å²) >= 11 is 7.33. The zero-order chi connectivity index (χ0) is 20.8. The van der Waals surface area contributed by atoms with E-state index in [2.05, 4.69) is 15.3 Å². The second-order valence-electron chi connectivity index (χ2n) is 6.47. The fourth-order valence-corrected chi connectivity index (χ4v) is 3.66. The number of carbonyl (C=O) groups excluding carboxylic acids is 1. The summed E-state index contributed by atoms with van der Waals surface area (Å²) in [6.07, 6.45) is 1.96. The molecule has 3 aromatic rings. The first-order valence-corrected chi connectivity index (χ1v) is 10.3. The number of halogens is 1. The lowest BCUT2D eigenvalue weighted by atomic mass is 10.1. The first-order valence-electron chi connectivity index (χ1n) is 9.03. The molecule has 0 aliphatic rings. The topological polar surface area (TPSA) is 73.3 Å². The Kier molecular flexibility index (Phi) is 7.06. The van der Waals surface area contributed by atoms with E-state index < -0.39 is 0 Å².